The van der Waals surface area contributed by atoms with Gasteiger partial charge >= 0.3 is 0 Å². The number of nitrogens with zero attached hydrogens (tertiary/aromatic N) is 1. The third kappa shape index (κ3) is 3.97. The molecular weight excluding hydrogens is 310 g/mol. The molecule has 7 heteroatoms. The molecule has 7 nitrogen and oxygen atoms in total. The van der Waals surface area contributed by atoms with E-state index in [0.717, 1.165) is 13.1 Å². The van der Waals surface area contributed by atoms with Gasteiger partial charge in [-0.25, -0.2) is 0 Å². The summed E-state index contributed by atoms with van der Waals surface area (Å²) in [4.78, 5) is 26.1. The first-order chi connectivity index (χ1) is 11.5. The van der Waals surface area contributed by atoms with Gasteiger partial charge in [-0.05, 0) is 32.0 Å². The summed E-state index contributed by atoms with van der Waals surface area (Å²) in [6.45, 7) is 5.97. The van der Waals surface area contributed by atoms with E-state index in [-0.39, 0.29) is 17.9 Å². The fourth-order valence-corrected chi connectivity index (χ4v) is 2.69. The van der Waals surface area contributed by atoms with Gasteiger partial charge in [0.15, 0.2) is 17.6 Å². The SMILES string of the molecule is CNC(=O)c1ccc(O[C@@H](C)C(=O)N2CCNC[C@H]2C)c(OC)c1. The highest BCUT2D eigenvalue weighted by atomic mass is 16.5. The van der Waals surface area contributed by atoms with Gasteiger partial charge in [0.05, 0.1) is 7.11 Å². The summed E-state index contributed by atoms with van der Waals surface area (Å²) in [5.74, 6) is 0.595. The molecule has 1 saturated heterocycles. The van der Waals surface area contributed by atoms with E-state index in [0.29, 0.717) is 23.6 Å². The number of carbonyl (C=O) groups is 2. The molecule has 0 spiro atoms. The summed E-state index contributed by atoms with van der Waals surface area (Å²) in [5.41, 5.74) is 0.469. The molecule has 0 bridgehead atoms. The number of hydrogen-bond donors (Lipinski definition) is 2. The highest BCUT2D eigenvalue weighted by molar-refractivity contribution is 5.94. The molecule has 2 atom stereocenters. The Hall–Kier alpha value is -2.28. The average Bonchev–Trinajstić information content (AvgIpc) is 2.61. The van der Waals surface area contributed by atoms with Crippen LogP contribution in [-0.2, 0) is 4.79 Å². The normalized spacial score (nSPS) is 18.7. The Balaban J connectivity index is 2.11. The summed E-state index contributed by atoms with van der Waals surface area (Å²) < 4.78 is 11.1. The number of rotatable bonds is 5. The molecule has 1 aromatic rings. The molecule has 0 saturated carbocycles. The fourth-order valence-electron chi connectivity index (χ4n) is 2.69. The first-order valence-electron chi connectivity index (χ1n) is 8.06. The van der Waals surface area contributed by atoms with Crippen molar-refractivity contribution in [3.63, 3.8) is 0 Å². The Kier molecular flexibility index (Phi) is 6.03. The number of benzene rings is 1. The molecule has 132 valence electrons. The van der Waals surface area contributed by atoms with Crippen LogP contribution in [0.4, 0.5) is 0 Å². The van der Waals surface area contributed by atoms with Gasteiger partial charge in [-0.1, -0.05) is 0 Å². The summed E-state index contributed by atoms with van der Waals surface area (Å²) >= 11 is 0. The van der Waals surface area contributed by atoms with E-state index in [9.17, 15) is 9.59 Å². The zero-order valence-corrected chi connectivity index (χ0v) is 14.6. The van der Waals surface area contributed by atoms with E-state index in [4.69, 9.17) is 9.47 Å². The molecule has 1 aromatic carbocycles. The maximum atomic E-state index is 12.6. The topological polar surface area (TPSA) is 79.9 Å². The number of hydrogen-bond acceptors (Lipinski definition) is 5. The van der Waals surface area contributed by atoms with Crippen molar-refractivity contribution >= 4 is 11.8 Å². The van der Waals surface area contributed by atoms with E-state index < -0.39 is 6.10 Å². The molecule has 0 aliphatic carbocycles. The smallest absolute Gasteiger partial charge is 0.263 e. The number of piperazine rings is 1. The molecule has 1 heterocycles. The van der Waals surface area contributed by atoms with Crippen molar-refractivity contribution in [1.29, 1.82) is 0 Å². The van der Waals surface area contributed by atoms with Gasteiger partial charge in [0.25, 0.3) is 11.8 Å². The Morgan fingerprint density at radius 3 is 2.75 bits per heavy atom. The molecule has 1 aliphatic heterocycles. The van der Waals surface area contributed by atoms with Gasteiger partial charge in [0, 0.05) is 38.3 Å². The highest BCUT2D eigenvalue weighted by Crippen LogP contribution is 2.29. The van der Waals surface area contributed by atoms with Crippen molar-refractivity contribution in [3.05, 3.63) is 23.8 Å². The lowest BCUT2D eigenvalue weighted by molar-refractivity contribution is -0.140. The predicted molar refractivity (Wildman–Crippen MR) is 90.5 cm³/mol. The van der Waals surface area contributed by atoms with Crippen molar-refractivity contribution in [2.75, 3.05) is 33.8 Å². The van der Waals surface area contributed by atoms with Gasteiger partial charge in [0.1, 0.15) is 0 Å². The average molecular weight is 335 g/mol. The van der Waals surface area contributed by atoms with Crippen LogP contribution in [0.3, 0.4) is 0 Å². The number of methoxy groups -OCH3 is 1. The van der Waals surface area contributed by atoms with Gasteiger partial charge in [-0.15, -0.1) is 0 Å². The number of nitrogens with one attached hydrogen (secondary N) is 2. The molecule has 1 fully saturated rings. The Labute approximate surface area is 142 Å². The summed E-state index contributed by atoms with van der Waals surface area (Å²) in [6.07, 6.45) is -0.634. The van der Waals surface area contributed by atoms with Crippen LogP contribution in [0.15, 0.2) is 18.2 Å². The maximum absolute atomic E-state index is 12.6. The first kappa shape index (κ1) is 18.1. The van der Waals surface area contributed by atoms with Crippen molar-refractivity contribution in [2.24, 2.45) is 0 Å². The second kappa shape index (κ2) is 8.01. The quantitative estimate of drug-likeness (QED) is 0.826. The lowest BCUT2D eigenvalue weighted by atomic mass is 10.1. The number of ether oxygens (including phenoxy) is 2. The standard InChI is InChI=1S/C17H25N3O4/c1-11-10-19-7-8-20(11)17(22)12(2)24-14-6-5-13(16(21)18-3)9-15(14)23-4/h5-6,9,11-12,19H,7-8,10H2,1-4H3,(H,18,21)/t11-,12+/m1/s1. The minimum atomic E-state index is -0.634. The lowest BCUT2D eigenvalue weighted by Gasteiger charge is -2.35. The molecule has 24 heavy (non-hydrogen) atoms. The van der Waals surface area contributed by atoms with Gasteiger partial charge < -0.3 is 25.0 Å². The summed E-state index contributed by atoms with van der Waals surface area (Å²) in [6, 6.07) is 5.02. The minimum Gasteiger partial charge on any atom is -0.493 e. The van der Waals surface area contributed by atoms with Crippen LogP contribution in [0.2, 0.25) is 0 Å². The zero-order valence-electron chi connectivity index (χ0n) is 14.6. The van der Waals surface area contributed by atoms with Crippen molar-refractivity contribution in [1.82, 2.24) is 15.5 Å². The molecule has 0 aromatic heterocycles. The summed E-state index contributed by atoms with van der Waals surface area (Å²) in [5, 5.41) is 5.81. The van der Waals surface area contributed by atoms with Gasteiger partial charge in [-0.3, -0.25) is 9.59 Å². The second-order valence-corrected chi connectivity index (χ2v) is 5.79. The molecule has 2 rings (SSSR count). The Morgan fingerprint density at radius 1 is 1.38 bits per heavy atom. The maximum Gasteiger partial charge on any atom is 0.263 e. The second-order valence-electron chi connectivity index (χ2n) is 5.79. The minimum absolute atomic E-state index is 0.0542. The van der Waals surface area contributed by atoms with Gasteiger partial charge in [-0.2, -0.15) is 0 Å². The molecule has 2 N–H and O–H groups in total. The van der Waals surface area contributed by atoms with Gasteiger partial charge in [0.2, 0.25) is 0 Å². The molecule has 0 radical (unpaired) electrons. The van der Waals surface area contributed by atoms with Crippen LogP contribution in [0.5, 0.6) is 11.5 Å². The first-order valence-corrected chi connectivity index (χ1v) is 8.06. The fraction of sp³-hybridized carbons (Fsp3) is 0.529. The number of carbonyl (C=O) groups excluding carboxylic acids is 2. The monoisotopic (exact) mass is 335 g/mol. The van der Waals surface area contributed by atoms with Crippen LogP contribution in [-0.4, -0.2) is 62.7 Å². The summed E-state index contributed by atoms with van der Waals surface area (Å²) in [7, 11) is 3.06. The van der Waals surface area contributed by atoms with E-state index in [1.54, 1.807) is 32.2 Å². The number of amides is 2. The Bertz CT molecular complexity index is 605. The highest BCUT2D eigenvalue weighted by Gasteiger charge is 2.28. The van der Waals surface area contributed by atoms with Crippen LogP contribution < -0.4 is 20.1 Å². The third-order valence-corrected chi connectivity index (χ3v) is 4.09. The third-order valence-electron chi connectivity index (χ3n) is 4.09. The van der Waals surface area contributed by atoms with Crippen molar-refractivity contribution < 1.29 is 19.1 Å². The van der Waals surface area contributed by atoms with Crippen molar-refractivity contribution in [3.8, 4) is 11.5 Å². The molecule has 2 amide bonds. The molecule has 1 aliphatic rings. The Morgan fingerprint density at radius 2 is 2.12 bits per heavy atom. The lowest BCUT2D eigenvalue weighted by Crippen LogP contribution is -2.55. The molecular formula is C17H25N3O4. The van der Waals surface area contributed by atoms with E-state index in [2.05, 4.69) is 10.6 Å². The predicted octanol–water partition coefficient (Wildman–Crippen LogP) is 0.642. The largest absolute Gasteiger partial charge is 0.493 e. The zero-order chi connectivity index (χ0) is 17.7. The van der Waals surface area contributed by atoms with E-state index in [1.165, 1.54) is 7.11 Å². The van der Waals surface area contributed by atoms with Crippen molar-refractivity contribution in [2.45, 2.75) is 26.0 Å². The van der Waals surface area contributed by atoms with Crippen LogP contribution in [0.25, 0.3) is 0 Å². The van der Waals surface area contributed by atoms with Crippen LogP contribution in [0, 0.1) is 0 Å². The van der Waals surface area contributed by atoms with Crippen LogP contribution >= 0.6 is 0 Å². The molecule has 0 unspecified atom stereocenters. The van der Waals surface area contributed by atoms with E-state index in [1.807, 2.05) is 11.8 Å². The van der Waals surface area contributed by atoms with E-state index >= 15 is 0 Å². The van der Waals surface area contributed by atoms with Crippen LogP contribution in [0.1, 0.15) is 24.2 Å².